The third kappa shape index (κ3) is 4.15. The summed E-state index contributed by atoms with van der Waals surface area (Å²) >= 11 is 0. The Hall–Kier alpha value is -2.96. The number of carbonyl (C=O) groups excluding carboxylic acids is 4. The molecule has 0 spiro atoms. The number of ether oxygens (including phenoxy) is 1. The van der Waals surface area contributed by atoms with Crippen molar-refractivity contribution < 1.29 is 23.9 Å². The van der Waals surface area contributed by atoms with Crippen molar-refractivity contribution in [2.24, 2.45) is 11.8 Å². The van der Waals surface area contributed by atoms with Crippen LogP contribution in [0.25, 0.3) is 0 Å². The first kappa shape index (κ1) is 21.7. The molecule has 7 heteroatoms. The van der Waals surface area contributed by atoms with Gasteiger partial charge in [-0.25, -0.2) is 4.79 Å². The monoisotopic (exact) mass is 412 g/mol. The van der Waals surface area contributed by atoms with E-state index >= 15 is 0 Å². The average molecular weight is 412 g/mol. The number of fused-ring (bicyclic) bond motifs is 1. The van der Waals surface area contributed by atoms with Gasteiger partial charge >= 0.3 is 5.97 Å². The van der Waals surface area contributed by atoms with Crippen LogP contribution in [0.1, 0.15) is 71.1 Å². The summed E-state index contributed by atoms with van der Waals surface area (Å²) in [4.78, 5) is 50.8. The van der Waals surface area contributed by atoms with Gasteiger partial charge in [0.15, 0.2) is 6.10 Å². The summed E-state index contributed by atoms with van der Waals surface area (Å²) < 4.78 is 5.32. The van der Waals surface area contributed by atoms with E-state index in [1.807, 2.05) is 0 Å². The maximum Gasteiger partial charge on any atom is 0.338 e. The summed E-state index contributed by atoms with van der Waals surface area (Å²) in [6.45, 7) is 9.48. The molecule has 3 rings (SSSR count). The quantitative estimate of drug-likeness (QED) is 0.441. The zero-order valence-electron chi connectivity index (χ0n) is 17.6. The molecule has 0 unspecified atom stereocenters. The number of imide groups is 1. The predicted octanol–water partition coefficient (Wildman–Crippen LogP) is 2.95. The van der Waals surface area contributed by atoms with Crippen LogP contribution in [0, 0.1) is 11.8 Å². The highest BCUT2D eigenvalue weighted by molar-refractivity contribution is 6.22. The zero-order chi connectivity index (χ0) is 22.0. The van der Waals surface area contributed by atoms with Crippen LogP contribution in [0.15, 0.2) is 30.9 Å². The van der Waals surface area contributed by atoms with Gasteiger partial charge < -0.3 is 10.1 Å². The molecule has 4 atom stereocenters. The molecule has 7 nitrogen and oxygen atoms in total. The first-order chi connectivity index (χ1) is 14.2. The van der Waals surface area contributed by atoms with Crippen molar-refractivity contribution in [1.29, 1.82) is 0 Å². The summed E-state index contributed by atoms with van der Waals surface area (Å²) in [7, 11) is 0. The van der Waals surface area contributed by atoms with Gasteiger partial charge in [0.2, 0.25) is 0 Å². The van der Waals surface area contributed by atoms with Crippen molar-refractivity contribution in [3.05, 3.63) is 47.5 Å². The molecule has 0 radical (unpaired) electrons. The fourth-order valence-corrected chi connectivity index (χ4v) is 4.08. The minimum atomic E-state index is -0.968. The molecule has 1 fully saturated rings. The van der Waals surface area contributed by atoms with Gasteiger partial charge in [-0.15, -0.1) is 6.58 Å². The molecule has 1 aromatic rings. The highest BCUT2D eigenvalue weighted by Crippen LogP contribution is 2.29. The molecule has 160 valence electrons. The third-order valence-electron chi connectivity index (χ3n) is 6.21. The summed E-state index contributed by atoms with van der Waals surface area (Å²) in [5, 5.41) is 3.00. The van der Waals surface area contributed by atoms with E-state index in [-0.39, 0.29) is 35.2 Å². The second kappa shape index (κ2) is 8.81. The minimum Gasteiger partial charge on any atom is -0.449 e. The Morgan fingerprint density at radius 2 is 1.93 bits per heavy atom. The second-order valence-electron chi connectivity index (χ2n) is 8.20. The first-order valence-electron chi connectivity index (χ1n) is 10.4. The van der Waals surface area contributed by atoms with Crippen LogP contribution in [0.4, 0.5) is 0 Å². The smallest absolute Gasteiger partial charge is 0.338 e. The first-order valence-corrected chi connectivity index (χ1v) is 10.4. The molecule has 30 heavy (non-hydrogen) atoms. The lowest BCUT2D eigenvalue weighted by molar-refractivity contribution is -0.130. The number of rotatable bonds is 6. The molecular weight excluding hydrogens is 384 g/mol. The molecule has 1 aromatic carbocycles. The fourth-order valence-electron chi connectivity index (χ4n) is 4.08. The Morgan fingerprint density at radius 3 is 2.63 bits per heavy atom. The maximum atomic E-state index is 12.5. The number of hydrogen-bond acceptors (Lipinski definition) is 5. The summed E-state index contributed by atoms with van der Waals surface area (Å²) in [5.74, 6) is -1.04. The number of benzene rings is 1. The SMILES string of the molecule is C=CCN1C(=O)c2ccc(C(=O)O[C@H](C)C(=O)N[C@H]3CCC[C@H](C)[C@H]3C)cc2C1=O. The normalized spacial score (nSPS) is 24.2. The van der Waals surface area contributed by atoms with Crippen molar-refractivity contribution in [1.82, 2.24) is 10.2 Å². The number of nitrogens with one attached hydrogen (secondary N) is 1. The minimum absolute atomic E-state index is 0.0712. The van der Waals surface area contributed by atoms with Crippen LogP contribution < -0.4 is 5.32 Å². The van der Waals surface area contributed by atoms with Crippen LogP contribution in [0.2, 0.25) is 0 Å². The number of amides is 3. The van der Waals surface area contributed by atoms with Gasteiger partial charge in [-0.1, -0.05) is 32.8 Å². The molecular formula is C23H28N2O5. The summed E-state index contributed by atoms with van der Waals surface area (Å²) in [6, 6.07) is 4.28. The topological polar surface area (TPSA) is 92.8 Å². The van der Waals surface area contributed by atoms with Gasteiger partial charge in [-0.2, -0.15) is 0 Å². The standard InChI is InChI=1S/C23H28N2O5/c1-5-11-25-21(27)17-10-9-16(12-18(17)22(25)28)23(29)30-15(4)20(26)24-19-8-6-7-13(2)14(19)3/h5,9-10,12-15,19H,1,6-8,11H2,2-4H3,(H,24,26)/t13-,14+,15+,19-/m0/s1. The molecule has 0 aromatic heterocycles. The van der Waals surface area contributed by atoms with E-state index < -0.39 is 23.9 Å². The number of carbonyl (C=O) groups is 4. The Labute approximate surface area is 176 Å². The van der Waals surface area contributed by atoms with E-state index in [4.69, 9.17) is 4.74 Å². The maximum absolute atomic E-state index is 12.5. The Balaban J connectivity index is 1.65. The van der Waals surface area contributed by atoms with Crippen molar-refractivity contribution in [3.8, 4) is 0 Å². The molecule has 1 heterocycles. The van der Waals surface area contributed by atoms with Crippen LogP contribution >= 0.6 is 0 Å². The largest absolute Gasteiger partial charge is 0.449 e. The summed E-state index contributed by atoms with van der Waals surface area (Å²) in [5.41, 5.74) is 0.512. The molecule has 0 saturated heterocycles. The van der Waals surface area contributed by atoms with E-state index in [1.165, 1.54) is 31.2 Å². The van der Waals surface area contributed by atoms with Crippen molar-refractivity contribution in [3.63, 3.8) is 0 Å². The van der Waals surface area contributed by atoms with Gasteiger partial charge in [0.1, 0.15) is 0 Å². The highest BCUT2D eigenvalue weighted by Gasteiger charge is 2.36. The Kier molecular flexibility index (Phi) is 6.39. The number of hydrogen-bond donors (Lipinski definition) is 1. The molecule has 3 amide bonds. The lowest BCUT2D eigenvalue weighted by Crippen LogP contribution is -2.47. The van der Waals surface area contributed by atoms with E-state index in [9.17, 15) is 19.2 Å². The van der Waals surface area contributed by atoms with E-state index in [0.29, 0.717) is 11.8 Å². The van der Waals surface area contributed by atoms with Gasteiger partial charge in [-0.3, -0.25) is 19.3 Å². The summed E-state index contributed by atoms with van der Waals surface area (Å²) in [6.07, 6.45) is 3.63. The van der Waals surface area contributed by atoms with Crippen LogP contribution in [0.5, 0.6) is 0 Å². The molecule has 1 aliphatic heterocycles. The van der Waals surface area contributed by atoms with Crippen LogP contribution in [0.3, 0.4) is 0 Å². The van der Waals surface area contributed by atoms with Crippen LogP contribution in [-0.4, -0.2) is 47.3 Å². The van der Waals surface area contributed by atoms with E-state index in [1.54, 1.807) is 0 Å². The van der Waals surface area contributed by atoms with Crippen molar-refractivity contribution in [2.45, 2.75) is 52.2 Å². The molecule has 1 saturated carbocycles. The highest BCUT2D eigenvalue weighted by atomic mass is 16.5. The molecule has 0 bridgehead atoms. The molecule has 2 aliphatic rings. The van der Waals surface area contributed by atoms with Crippen molar-refractivity contribution >= 4 is 23.7 Å². The second-order valence-corrected chi connectivity index (χ2v) is 8.20. The Morgan fingerprint density at radius 1 is 1.23 bits per heavy atom. The van der Waals surface area contributed by atoms with Crippen molar-refractivity contribution in [2.75, 3.05) is 6.54 Å². The Bertz CT molecular complexity index is 894. The lowest BCUT2D eigenvalue weighted by atomic mass is 9.78. The average Bonchev–Trinajstić information content (AvgIpc) is 2.96. The number of nitrogens with zero attached hydrogens (tertiary/aromatic N) is 1. The number of esters is 1. The molecule has 1 aliphatic carbocycles. The third-order valence-corrected chi connectivity index (χ3v) is 6.21. The predicted molar refractivity (Wildman–Crippen MR) is 111 cm³/mol. The van der Waals surface area contributed by atoms with E-state index in [2.05, 4.69) is 25.7 Å². The fraction of sp³-hybridized carbons (Fsp3) is 0.478. The van der Waals surface area contributed by atoms with Gasteiger partial charge in [0, 0.05) is 12.6 Å². The van der Waals surface area contributed by atoms with E-state index in [0.717, 1.165) is 24.2 Å². The van der Waals surface area contributed by atoms with Gasteiger partial charge in [0.25, 0.3) is 17.7 Å². The van der Waals surface area contributed by atoms with Crippen LogP contribution in [-0.2, 0) is 9.53 Å². The zero-order valence-corrected chi connectivity index (χ0v) is 17.6. The van der Waals surface area contributed by atoms with Gasteiger partial charge in [0.05, 0.1) is 16.7 Å². The van der Waals surface area contributed by atoms with Gasteiger partial charge in [-0.05, 0) is 43.4 Å². The molecule has 1 N–H and O–H groups in total. The lowest BCUT2D eigenvalue weighted by Gasteiger charge is -2.35.